The average Bonchev–Trinajstić information content (AvgIpc) is 2.50. The van der Waals surface area contributed by atoms with Gasteiger partial charge < -0.3 is 10.2 Å². The van der Waals surface area contributed by atoms with Crippen molar-refractivity contribution in [2.24, 2.45) is 0 Å². The molecule has 0 saturated carbocycles. The fourth-order valence-electron chi connectivity index (χ4n) is 2.48. The minimum absolute atomic E-state index is 0.0965. The molecule has 0 aliphatic rings. The Morgan fingerprint density at radius 1 is 1.13 bits per heavy atom. The summed E-state index contributed by atoms with van der Waals surface area (Å²) in [4.78, 5) is 14.6. The minimum atomic E-state index is -3.31. The highest BCUT2D eigenvalue weighted by Gasteiger charge is 2.14. The summed E-state index contributed by atoms with van der Waals surface area (Å²) in [5.74, 6) is -0.135. The summed E-state index contributed by atoms with van der Waals surface area (Å²) in [6.07, 6.45) is 3.23. The summed E-state index contributed by atoms with van der Waals surface area (Å²) in [5.41, 5.74) is 0.552. The summed E-state index contributed by atoms with van der Waals surface area (Å²) in [5, 5.41) is 2.87. The molecule has 0 radical (unpaired) electrons. The molecule has 0 aliphatic carbocycles. The van der Waals surface area contributed by atoms with Gasteiger partial charge >= 0.3 is 0 Å². The first-order valence-corrected chi connectivity index (χ1v) is 10.0. The lowest BCUT2D eigenvalue weighted by Crippen LogP contribution is -2.28. The van der Waals surface area contributed by atoms with Gasteiger partial charge in [-0.3, -0.25) is 4.79 Å². The highest BCUT2D eigenvalue weighted by Crippen LogP contribution is 2.15. The van der Waals surface area contributed by atoms with Crippen LogP contribution in [-0.2, 0) is 21.1 Å². The maximum atomic E-state index is 12.0. The van der Waals surface area contributed by atoms with Crippen LogP contribution in [0.3, 0.4) is 0 Å². The first-order valence-electron chi connectivity index (χ1n) is 8.15. The Hall–Kier alpha value is -1.40. The smallest absolute Gasteiger partial charge is 0.224 e. The largest absolute Gasteiger partial charge is 0.356 e. The van der Waals surface area contributed by atoms with Crippen molar-refractivity contribution < 1.29 is 13.2 Å². The van der Waals surface area contributed by atoms with Gasteiger partial charge in [0.05, 0.1) is 11.3 Å². The second kappa shape index (κ2) is 9.67. The molecule has 0 bridgehead atoms. The molecule has 6 heteroatoms. The van der Waals surface area contributed by atoms with E-state index >= 15 is 0 Å². The van der Waals surface area contributed by atoms with E-state index in [-0.39, 0.29) is 17.2 Å². The van der Waals surface area contributed by atoms with E-state index < -0.39 is 9.84 Å². The van der Waals surface area contributed by atoms with Crippen LogP contribution < -0.4 is 5.32 Å². The molecule has 23 heavy (non-hydrogen) atoms. The van der Waals surface area contributed by atoms with Gasteiger partial charge in [0.1, 0.15) is 0 Å². The van der Waals surface area contributed by atoms with Crippen molar-refractivity contribution in [2.45, 2.75) is 38.0 Å². The molecule has 0 aliphatic heterocycles. The van der Waals surface area contributed by atoms with E-state index in [1.807, 2.05) is 0 Å². The first-order chi connectivity index (χ1) is 10.9. The van der Waals surface area contributed by atoms with Crippen LogP contribution in [0, 0.1) is 0 Å². The summed E-state index contributed by atoms with van der Waals surface area (Å²) < 4.78 is 23.4. The van der Waals surface area contributed by atoms with Crippen LogP contribution in [0.1, 0.15) is 32.3 Å². The molecule has 5 nitrogen and oxygen atoms in total. The maximum absolute atomic E-state index is 12.0. The third-order valence-corrected chi connectivity index (χ3v) is 5.04. The zero-order valence-electron chi connectivity index (χ0n) is 14.3. The lowest BCUT2D eigenvalue weighted by Gasteiger charge is -2.17. The number of carbonyl (C=O) groups is 1. The number of carbonyl (C=O) groups excluding carboxylic acids is 1. The zero-order valence-corrected chi connectivity index (χ0v) is 15.2. The molecule has 1 amide bonds. The van der Waals surface area contributed by atoms with Gasteiger partial charge in [0.15, 0.2) is 9.84 Å². The quantitative estimate of drug-likeness (QED) is 0.660. The summed E-state index contributed by atoms with van der Waals surface area (Å²) in [7, 11) is -3.31. The Bertz CT molecular complexity index is 596. The van der Waals surface area contributed by atoms with Gasteiger partial charge in [0.25, 0.3) is 0 Å². The molecule has 130 valence electrons. The fraction of sp³-hybridized carbons (Fsp3) is 0.588. The Labute approximate surface area is 140 Å². The normalized spacial score (nSPS) is 11.7. The van der Waals surface area contributed by atoms with E-state index in [9.17, 15) is 13.2 Å². The number of sulfone groups is 1. The van der Waals surface area contributed by atoms with Crippen molar-refractivity contribution >= 4 is 15.7 Å². The molecule has 1 aromatic rings. The van der Waals surface area contributed by atoms with Gasteiger partial charge in [-0.25, -0.2) is 8.42 Å². The SMILES string of the molecule is CCN(CC)CCCCNC(=O)Cc1ccccc1S(C)(=O)=O. The highest BCUT2D eigenvalue weighted by molar-refractivity contribution is 7.90. The standard InChI is InChI=1S/C17H28N2O3S/c1-4-19(5-2)13-9-8-12-18-17(20)14-15-10-6-7-11-16(15)23(3,21)22/h6-7,10-11H,4-5,8-9,12-14H2,1-3H3,(H,18,20). The van der Waals surface area contributed by atoms with E-state index in [0.717, 1.165) is 38.7 Å². The molecule has 0 fully saturated rings. The number of hydrogen-bond donors (Lipinski definition) is 1. The van der Waals surface area contributed by atoms with Crippen LogP contribution in [0.25, 0.3) is 0 Å². The summed E-state index contributed by atoms with van der Waals surface area (Å²) in [6, 6.07) is 6.66. The van der Waals surface area contributed by atoms with Gasteiger partial charge in [-0.05, 0) is 44.1 Å². The lowest BCUT2D eigenvalue weighted by molar-refractivity contribution is -0.120. The molecule has 1 N–H and O–H groups in total. The second-order valence-electron chi connectivity index (χ2n) is 5.64. The minimum Gasteiger partial charge on any atom is -0.356 e. The molecule has 0 atom stereocenters. The van der Waals surface area contributed by atoms with E-state index in [2.05, 4.69) is 24.1 Å². The second-order valence-corrected chi connectivity index (χ2v) is 7.62. The Morgan fingerprint density at radius 3 is 2.39 bits per heavy atom. The lowest BCUT2D eigenvalue weighted by atomic mass is 10.1. The molecular weight excluding hydrogens is 312 g/mol. The number of nitrogens with zero attached hydrogens (tertiary/aromatic N) is 1. The Morgan fingerprint density at radius 2 is 1.78 bits per heavy atom. The topological polar surface area (TPSA) is 66.5 Å². The number of rotatable bonds is 10. The third kappa shape index (κ3) is 7.14. The molecule has 0 aromatic heterocycles. The van der Waals surface area contributed by atoms with Gasteiger partial charge in [-0.15, -0.1) is 0 Å². The van der Waals surface area contributed by atoms with Crippen molar-refractivity contribution in [3.63, 3.8) is 0 Å². The van der Waals surface area contributed by atoms with Crippen LogP contribution in [0.5, 0.6) is 0 Å². The number of nitrogens with one attached hydrogen (secondary N) is 1. The number of unbranched alkanes of at least 4 members (excludes halogenated alkanes) is 1. The van der Waals surface area contributed by atoms with Crippen molar-refractivity contribution in [3.8, 4) is 0 Å². The van der Waals surface area contributed by atoms with Gasteiger partial charge in [-0.2, -0.15) is 0 Å². The van der Waals surface area contributed by atoms with Crippen molar-refractivity contribution in [3.05, 3.63) is 29.8 Å². The summed E-state index contributed by atoms with van der Waals surface area (Å²) >= 11 is 0. The molecule has 1 rings (SSSR count). The molecule has 0 unspecified atom stereocenters. The first kappa shape index (κ1) is 19.6. The van der Waals surface area contributed by atoms with Crippen LogP contribution in [0.4, 0.5) is 0 Å². The fourth-order valence-corrected chi connectivity index (χ4v) is 3.42. The van der Waals surface area contributed by atoms with Crippen LogP contribution in [0.15, 0.2) is 29.2 Å². The molecule has 0 spiro atoms. The van der Waals surface area contributed by atoms with Crippen LogP contribution >= 0.6 is 0 Å². The Balaban J connectivity index is 2.41. The highest BCUT2D eigenvalue weighted by atomic mass is 32.2. The van der Waals surface area contributed by atoms with E-state index in [4.69, 9.17) is 0 Å². The van der Waals surface area contributed by atoms with Crippen molar-refractivity contribution in [1.29, 1.82) is 0 Å². The summed E-state index contributed by atoms with van der Waals surface area (Å²) in [6.45, 7) is 8.05. The maximum Gasteiger partial charge on any atom is 0.224 e. The van der Waals surface area contributed by atoms with E-state index in [1.165, 1.54) is 0 Å². The van der Waals surface area contributed by atoms with E-state index in [0.29, 0.717) is 12.1 Å². The van der Waals surface area contributed by atoms with Crippen molar-refractivity contribution in [1.82, 2.24) is 10.2 Å². The molecule has 1 aromatic carbocycles. The average molecular weight is 340 g/mol. The van der Waals surface area contributed by atoms with Crippen LogP contribution in [-0.4, -0.2) is 51.7 Å². The molecule has 0 heterocycles. The van der Waals surface area contributed by atoms with Gasteiger partial charge in [0.2, 0.25) is 5.91 Å². The predicted octanol–water partition coefficient (Wildman–Crippen LogP) is 1.87. The number of hydrogen-bond acceptors (Lipinski definition) is 4. The third-order valence-electron chi connectivity index (χ3n) is 3.84. The van der Waals surface area contributed by atoms with Gasteiger partial charge in [0, 0.05) is 12.8 Å². The zero-order chi connectivity index (χ0) is 17.3. The number of benzene rings is 1. The Kier molecular flexibility index (Phi) is 8.26. The van der Waals surface area contributed by atoms with E-state index in [1.54, 1.807) is 24.3 Å². The van der Waals surface area contributed by atoms with Crippen LogP contribution in [0.2, 0.25) is 0 Å². The monoisotopic (exact) mass is 340 g/mol. The van der Waals surface area contributed by atoms with Crippen molar-refractivity contribution in [2.75, 3.05) is 32.4 Å². The molecule has 0 saturated heterocycles. The molecular formula is C17H28N2O3S. The number of amides is 1. The van der Waals surface area contributed by atoms with Gasteiger partial charge in [-0.1, -0.05) is 32.0 Å². The predicted molar refractivity (Wildman–Crippen MR) is 93.3 cm³/mol.